The zero-order valence-electron chi connectivity index (χ0n) is 12.9. The van der Waals surface area contributed by atoms with Crippen LogP contribution < -0.4 is 14.8 Å². The standard InChI is InChI=1S/C17H17BrFNO3/c1-3-23-15-7-4-11(9-16(15)22-2)17(21)20-10-12-8-13(18)5-6-14(12)19/h4-9H,3,10H2,1-2H3,(H,20,21). The van der Waals surface area contributed by atoms with Gasteiger partial charge in [0.15, 0.2) is 11.5 Å². The van der Waals surface area contributed by atoms with Gasteiger partial charge in [0.25, 0.3) is 5.91 Å². The summed E-state index contributed by atoms with van der Waals surface area (Å²) in [6.07, 6.45) is 0. The van der Waals surface area contributed by atoms with Crippen LogP contribution in [0.1, 0.15) is 22.8 Å². The first kappa shape index (κ1) is 17.3. The molecule has 0 spiro atoms. The maximum Gasteiger partial charge on any atom is 0.251 e. The Labute approximate surface area is 142 Å². The number of benzene rings is 2. The molecule has 0 saturated heterocycles. The largest absolute Gasteiger partial charge is 0.493 e. The zero-order chi connectivity index (χ0) is 16.8. The van der Waals surface area contributed by atoms with Crippen molar-refractivity contribution in [1.82, 2.24) is 5.32 Å². The molecule has 0 bridgehead atoms. The molecule has 0 aliphatic heterocycles. The lowest BCUT2D eigenvalue weighted by Gasteiger charge is -2.11. The van der Waals surface area contributed by atoms with Crippen LogP contribution in [0.4, 0.5) is 4.39 Å². The summed E-state index contributed by atoms with van der Waals surface area (Å²) >= 11 is 3.28. The van der Waals surface area contributed by atoms with Crippen molar-refractivity contribution in [1.29, 1.82) is 0 Å². The number of rotatable bonds is 6. The molecule has 6 heteroatoms. The fourth-order valence-electron chi connectivity index (χ4n) is 2.04. The molecule has 0 saturated carbocycles. The number of methoxy groups -OCH3 is 1. The molecule has 122 valence electrons. The van der Waals surface area contributed by atoms with Gasteiger partial charge >= 0.3 is 0 Å². The van der Waals surface area contributed by atoms with Crippen LogP contribution >= 0.6 is 15.9 Å². The van der Waals surface area contributed by atoms with Gasteiger partial charge in [0, 0.05) is 22.1 Å². The van der Waals surface area contributed by atoms with E-state index < -0.39 is 0 Å². The van der Waals surface area contributed by atoms with E-state index in [1.165, 1.54) is 13.2 Å². The van der Waals surface area contributed by atoms with E-state index in [4.69, 9.17) is 9.47 Å². The lowest BCUT2D eigenvalue weighted by atomic mass is 10.1. The first-order valence-electron chi connectivity index (χ1n) is 7.08. The second-order valence-corrected chi connectivity index (χ2v) is 5.63. The number of halogens is 2. The number of ether oxygens (including phenoxy) is 2. The Hall–Kier alpha value is -2.08. The molecule has 2 aromatic carbocycles. The van der Waals surface area contributed by atoms with Gasteiger partial charge in [0.05, 0.1) is 13.7 Å². The van der Waals surface area contributed by atoms with Gasteiger partial charge in [-0.1, -0.05) is 15.9 Å². The van der Waals surface area contributed by atoms with Gasteiger partial charge in [-0.05, 0) is 43.3 Å². The molecule has 0 fully saturated rings. The van der Waals surface area contributed by atoms with Crippen LogP contribution in [0.3, 0.4) is 0 Å². The minimum Gasteiger partial charge on any atom is -0.493 e. The molecule has 0 unspecified atom stereocenters. The number of hydrogen-bond acceptors (Lipinski definition) is 3. The molecular weight excluding hydrogens is 365 g/mol. The molecule has 0 aliphatic rings. The summed E-state index contributed by atoms with van der Waals surface area (Å²) in [5.74, 6) is 0.376. The normalized spacial score (nSPS) is 10.3. The molecular formula is C17H17BrFNO3. The fraction of sp³-hybridized carbons (Fsp3) is 0.235. The Balaban J connectivity index is 2.10. The Morgan fingerprint density at radius 3 is 2.70 bits per heavy atom. The number of carbonyl (C=O) groups excluding carboxylic acids is 1. The average molecular weight is 382 g/mol. The fourth-order valence-corrected chi connectivity index (χ4v) is 2.45. The Kier molecular flexibility index (Phi) is 5.98. The van der Waals surface area contributed by atoms with Crippen molar-refractivity contribution < 1.29 is 18.7 Å². The predicted molar refractivity (Wildman–Crippen MR) is 89.4 cm³/mol. The zero-order valence-corrected chi connectivity index (χ0v) is 14.4. The van der Waals surface area contributed by atoms with E-state index in [1.54, 1.807) is 30.3 Å². The van der Waals surface area contributed by atoms with Crippen molar-refractivity contribution in [2.75, 3.05) is 13.7 Å². The summed E-state index contributed by atoms with van der Waals surface area (Å²) in [5, 5.41) is 2.69. The summed E-state index contributed by atoms with van der Waals surface area (Å²) in [4.78, 5) is 12.2. The Morgan fingerprint density at radius 1 is 1.22 bits per heavy atom. The SMILES string of the molecule is CCOc1ccc(C(=O)NCc2cc(Br)ccc2F)cc1OC. The Morgan fingerprint density at radius 2 is 2.00 bits per heavy atom. The molecule has 0 heterocycles. The molecule has 0 aromatic heterocycles. The lowest BCUT2D eigenvalue weighted by molar-refractivity contribution is 0.0950. The third-order valence-electron chi connectivity index (χ3n) is 3.17. The first-order chi connectivity index (χ1) is 11.0. The maximum atomic E-state index is 13.7. The van der Waals surface area contributed by atoms with Crippen molar-refractivity contribution in [3.05, 3.63) is 57.8 Å². The third-order valence-corrected chi connectivity index (χ3v) is 3.67. The monoisotopic (exact) mass is 381 g/mol. The van der Waals surface area contributed by atoms with E-state index in [-0.39, 0.29) is 18.3 Å². The van der Waals surface area contributed by atoms with E-state index >= 15 is 0 Å². The van der Waals surface area contributed by atoms with Gasteiger partial charge in [-0.3, -0.25) is 4.79 Å². The van der Waals surface area contributed by atoms with E-state index in [1.807, 2.05) is 6.92 Å². The quantitative estimate of drug-likeness (QED) is 0.824. The molecule has 23 heavy (non-hydrogen) atoms. The summed E-state index contributed by atoms with van der Waals surface area (Å²) in [6.45, 7) is 2.47. The lowest BCUT2D eigenvalue weighted by Crippen LogP contribution is -2.23. The highest BCUT2D eigenvalue weighted by Crippen LogP contribution is 2.28. The Bertz CT molecular complexity index is 706. The highest BCUT2D eigenvalue weighted by molar-refractivity contribution is 9.10. The molecule has 2 rings (SSSR count). The van der Waals surface area contributed by atoms with Gasteiger partial charge < -0.3 is 14.8 Å². The smallest absolute Gasteiger partial charge is 0.251 e. The molecule has 0 atom stereocenters. The van der Waals surface area contributed by atoms with Crippen LogP contribution in [0.25, 0.3) is 0 Å². The molecule has 4 nitrogen and oxygen atoms in total. The van der Waals surface area contributed by atoms with Gasteiger partial charge in [-0.2, -0.15) is 0 Å². The summed E-state index contributed by atoms with van der Waals surface area (Å²) in [5.41, 5.74) is 0.825. The van der Waals surface area contributed by atoms with Crippen LogP contribution in [-0.4, -0.2) is 19.6 Å². The van der Waals surface area contributed by atoms with E-state index in [0.717, 1.165) is 4.47 Å². The highest BCUT2D eigenvalue weighted by atomic mass is 79.9. The summed E-state index contributed by atoms with van der Waals surface area (Å²) < 4.78 is 25.1. The van der Waals surface area contributed by atoms with Gasteiger partial charge in [-0.15, -0.1) is 0 Å². The van der Waals surface area contributed by atoms with Crippen LogP contribution in [-0.2, 0) is 6.54 Å². The summed E-state index contributed by atoms with van der Waals surface area (Å²) in [6, 6.07) is 9.51. The van der Waals surface area contributed by atoms with Gasteiger partial charge in [0.1, 0.15) is 5.82 Å². The van der Waals surface area contributed by atoms with E-state index in [0.29, 0.717) is 29.2 Å². The van der Waals surface area contributed by atoms with Gasteiger partial charge in [0.2, 0.25) is 0 Å². The maximum absolute atomic E-state index is 13.7. The number of hydrogen-bond donors (Lipinski definition) is 1. The van der Waals surface area contributed by atoms with Crippen LogP contribution in [0.15, 0.2) is 40.9 Å². The number of amides is 1. The third kappa shape index (κ3) is 4.45. The van der Waals surface area contributed by atoms with Crippen molar-refractivity contribution >= 4 is 21.8 Å². The predicted octanol–water partition coefficient (Wildman–Crippen LogP) is 3.93. The van der Waals surface area contributed by atoms with Crippen LogP contribution in [0.2, 0.25) is 0 Å². The molecule has 0 radical (unpaired) electrons. The van der Waals surface area contributed by atoms with Crippen molar-refractivity contribution in [3.8, 4) is 11.5 Å². The van der Waals surface area contributed by atoms with Gasteiger partial charge in [-0.25, -0.2) is 4.39 Å². The van der Waals surface area contributed by atoms with Crippen molar-refractivity contribution in [3.63, 3.8) is 0 Å². The second kappa shape index (κ2) is 7.97. The molecule has 1 amide bonds. The first-order valence-corrected chi connectivity index (χ1v) is 7.87. The minimum absolute atomic E-state index is 0.0969. The van der Waals surface area contributed by atoms with Crippen molar-refractivity contribution in [2.45, 2.75) is 13.5 Å². The van der Waals surface area contributed by atoms with Crippen LogP contribution in [0, 0.1) is 5.82 Å². The highest BCUT2D eigenvalue weighted by Gasteiger charge is 2.12. The average Bonchev–Trinajstić information content (AvgIpc) is 2.56. The van der Waals surface area contributed by atoms with Crippen molar-refractivity contribution in [2.24, 2.45) is 0 Å². The minimum atomic E-state index is -0.363. The number of carbonyl (C=O) groups is 1. The van der Waals surface area contributed by atoms with E-state index in [2.05, 4.69) is 21.2 Å². The summed E-state index contributed by atoms with van der Waals surface area (Å²) in [7, 11) is 1.51. The topological polar surface area (TPSA) is 47.6 Å². The molecule has 2 aromatic rings. The molecule has 0 aliphatic carbocycles. The molecule has 1 N–H and O–H groups in total. The number of nitrogens with one attached hydrogen (secondary N) is 1. The van der Waals surface area contributed by atoms with Crippen LogP contribution in [0.5, 0.6) is 11.5 Å². The van der Waals surface area contributed by atoms with E-state index in [9.17, 15) is 9.18 Å². The second-order valence-electron chi connectivity index (χ2n) is 4.72.